The molecule has 116 valence electrons. The lowest BCUT2D eigenvalue weighted by molar-refractivity contribution is -0.136. The summed E-state index contributed by atoms with van der Waals surface area (Å²) in [5.74, 6) is -0.189. The van der Waals surface area contributed by atoms with Crippen LogP contribution in [0.4, 0.5) is 0 Å². The molecule has 0 spiro atoms. The summed E-state index contributed by atoms with van der Waals surface area (Å²) in [7, 11) is 0. The maximum atomic E-state index is 12.4. The van der Waals surface area contributed by atoms with E-state index in [1.54, 1.807) is 10.8 Å². The van der Waals surface area contributed by atoms with Gasteiger partial charge in [0.1, 0.15) is 12.5 Å². The molecule has 2 aromatic rings. The van der Waals surface area contributed by atoms with Crippen molar-refractivity contribution in [1.29, 1.82) is 0 Å². The van der Waals surface area contributed by atoms with Gasteiger partial charge in [-0.3, -0.25) is 9.36 Å². The van der Waals surface area contributed by atoms with Crippen molar-refractivity contribution >= 4 is 18.1 Å². The van der Waals surface area contributed by atoms with E-state index in [0.29, 0.717) is 23.6 Å². The molecular weight excluding hydrogens is 302 g/mol. The third-order valence-electron chi connectivity index (χ3n) is 3.48. The number of imidazole rings is 1. The quantitative estimate of drug-likeness (QED) is 0.846. The molecule has 1 saturated heterocycles. The van der Waals surface area contributed by atoms with Crippen LogP contribution in [-0.2, 0) is 9.47 Å². The van der Waals surface area contributed by atoms with E-state index in [1.807, 2.05) is 30.3 Å². The van der Waals surface area contributed by atoms with Crippen molar-refractivity contribution in [2.75, 3.05) is 19.9 Å². The van der Waals surface area contributed by atoms with Crippen LogP contribution in [0.25, 0.3) is 5.69 Å². The van der Waals surface area contributed by atoms with Crippen LogP contribution in [0.2, 0.25) is 0 Å². The Morgan fingerprint density at radius 3 is 2.95 bits per heavy atom. The first-order valence-electron chi connectivity index (χ1n) is 7.09. The Morgan fingerprint density at radius 2 is 2.23 bits per heavy atom. The maximum absolute atomic E-state index is 12.4. The second-order valence-electron chi connectivity index (χ2n) is 4.96. The third-order valence-corrected chi connectivity index (χ3v) is 3.79. The van der Waals surface area contributed by atoms with Gasteiger partial charge >= 0.3 is 0 Å². The van der Waals surface area contributed by atoms with Crippen molar-refractivity contribution in [3.05, 3.63) is 47.0 Å². The summed E-state index contributed by atoms with van der Waals surface area (Å²) < 4.78 is 12.7. The molecule has 0 bridgehead atoms. The number of nitrogens with zero attached hydrogens (tertiary/aromatic N) is 1. The summed E-state index contributed by atoms with van der Waals surface area (Å²) >= 11 is 5.27. The van der Waals surface area contributed by atoms with Crippen LogP contribution < -0.4 is 5.32 Å². The van der Waals surface area contributed by atoms with Gasteiger partial charge in [0.25, 0.3) is 5.91 Å². The second kappa shape index (κ2) is 6.87. The largest absolute Gasteiger partial charge is 0.355 e. The highest BCUT2D eigenvalue weighted by molar-refractivity contribution is 7.71. The predicted octanol–water partition coefficient (Wildman–Crippen LogP) is 2.03. The van der Waals surface area contributed by atoms with Crippen LogP contribution in [0, 0.1) is 4.77 Å². The number of rotatable bonds is 4. The van der Waals surface area contributed by atoms with Gasteiger partial charge in [-0.1, -0.05) is 18.2 Å². The number of ether oxygens (including phenoxy) is 2. The standard InChI is InChI=1S/C15H17N3O3S/c19-14(16-8-12-6-7-20-10-21-12)13-9-17-15(22)18(13)11-4-2-1-3-5-11/h1-5,9,12H,6-8,10H2,(H,16,19)(H,17,22)/t12-/m0/s1. The van der Waals surface area contributed by atoms with Crippen molar-refractivity contribution in [2.24, 2.45) is 0 Å². The lowest BCUT2D eigenvalue weighted by atomic mass is 10.2. The van der Waals surface area contributed by atoms with Gasteiger partial charge in [0.2, 0.25) is 0 Å². The van der Waals surface area contributed by atoms with Crippen LogP contribution in [0.3, 0.4) is 0 Å². The molecule has 0 saturated carbocycles. The van der Waals surface area contributed by atoms with Gasteiger partial charge in [0, 0.05) is 18.4 Å². The molecule has 1 aromatic carbocycles. The highest BCUT2D eigenvalue weighted by atomic mass is 32.1. The monoisotopic (exact) mass is 319 g/mol. The molecule has 1 aliphatic rings. The molecule has 7 heteroatoms. The Hall–Kier alpha value is -1.96. The van der Waals surface area contributed by atoms with Gasteiger partial charge in [0.15, 0.2) is 4.77 Å². The van der Waals surface area contributed by atoms with Crippen LogP contribution in [0.1, 0.15) is 16.9 Å². The van der Waals surface area contributed by atoms with Crippen molar-refractivity contribution < 1.29 is 14.3 Å². The SMILES string of the molecule is O=C(NC[C@@H]1CCOCO1)c1c[nH]c(=S)n1-c1ccccc1. The van der Waals surface area contributed by atoms with Gasteiger partial charge in [-0.2, -0.15) is 0 Å². The van der Waals surface area contributed by atoms with E-state index in [1.165, 1.54) is 0 Å². The fourth-order valence-corrected chi connectivity index (χ4v) is 2.59. The zero-order valence-electron chi connectivity index (χ0n) is 12.0. The van der Waals surface area contributed by atoms with E-state index in [2.05, 4.69) is 10.3 Å². The number of amides is 1. The predicted molar refractivity (Wildman–Crippen MR) is 83.6 cm³/mol. The summed E-state index contributed by atoms with van der Waals surface area (Å²) in [6.07, 6.45) is 2.39. The zero-order valence-corrected chi connectivity index (χ0v) is 12.8. The molecule has 3 rings (SSSR count). The lowest BCUT2D eigenvalue weighted by Crippen LogP contribution is -2.37. The molecular formula is C15H17N3O3S. The Kier molecular flexibility index (Phi) is 4.67. The lowest BCUT2D eigenvalue weighted by Gasteiger charge is -2.22. The first kappa shape index (κ1) is 15.0. The molecule has 1 aromatic heterocycles. The minimum atomic E-state index is -0.189. The second-order valence-corrected chi connectivity index (χ2v) is 5.35. The molecule has 1 atom stereocenters. The smallest absolute Gasteiger partial charge is 0.269 e. The average Bonchev–Trinajstić information content (AvgIpc) is 2.96. The third kappa shape index (κ3) is 3.27. The summed E-state index contributed by atoms with van der Waals surface area (Å²) in [5, 5.41) is 2.89. The van der Waals surface area contributed by atoms with E-state index in [9.17, 15) is 4.79 Å². The fourth-order valence-electron chi connectivity index (χ4n) is 2.33. The Balaban J connectivity index is 1.74. The Morgan fingerprint density at radius 1 is 1.41 bits per heavy atom. The van der Waals surface area contributed by atoms with Crippen LogP contribution in [0.5, 0.6) is 0 Å². The highest BCUT2D eigenvalue weighted by Gasteiger charge is 2.18. The maximum Gasteiger partial charge on any atom is 0.269 e. The van der Waals surface area contributed by atoms with Crippen LogP contribution >= 0.6 is 12.2 Å². The molecule has 0 radical (unpaired) electrons. The number of carbonyl (C=O) groups is 1. The van der Waals surface area contributed by atoms with Crippen LogP contribution in [0.15, 0.2) is 36.5 Å². The number of hydrogen-bond acceptors (Lipinski definition) is 4. The van der Waals surface area contributed by atoms with E-state index in [0.717, 1.165) is 12.1 Å². The molecule has 1 aliphatic heterocycles. The normalized spacial score (nSPS) is 18.1. The van der Waals surface area contributed by atoms with Crippen molar-refractivity contribution in [3.8, 4) is 5.69 Å². The van der Waals surface area contributed by atoms with E-state index in [4.69, 9.17) is 21.7 Å². The Bertz CT molecular complexity index is 690. The first-order valence-corrected chi connectivity index (χ1v) is 7.50. The highest BCUT2D eigenvalue weighted by Crippen LogP contribution is 2.12. The molecule has 6 nitrogen and oxygen atoms in total. The number of aromatic nitrogens is 2. The summed E-state index contributed by atoms with van der Waals surface area (Å²) in [6, 6.07) is 9.54. The van der Waals surface area contributed by atoms with Crippen molar-refractivity contribution in [3.63, 3.8) is 0 Å². The molecule has 1 fully saturated rings. The number of aromatic amines is 1. The van der Waals surface area contributed by atoms with Crippen molar-refractivity contribution in [2.45, 2.75) is 12.5 Å². The fraction of sp³-hybridized carbons (Fsp3) is 0.333. The van der Waals surface area contributed by atoms with E-state index in [-0.39, 0.29) is 18.8 Å². The van der Waals surface area contributed by atoms with Crippen molar-refractivity contribution in [1.82, 2.24) is 14.9 Å². The summed E-state index contributed by atoms with van der Waals surface area (Å²) in [6.45, 7) is 1.39. The first-order chi connectivity index (χ1) is 10.8. The van der Waals surface area contributed by atoms with E-state index < -0.39 is 0 Å². The topological polar surface area (TPSA) is 68.3 Å². The molecule has 0 unspecified atom stereocenters. The number of benzene rings is 1. The number of nitrogens with one attached hydrogen (secondary N) is 2. The minimum absolute atomic E-state index is 0.00945. The molecule has 1 amide bonds. The number of H-pyrrole nitrogens is 1. The molecule has 22 heavy (non-hydrogen) atoms. The van der Waals surface area contributed by atoms with Gasteiger partial charge in [-0.15, -0.1) is 0 Å². The average molecular weight is 319 g/mol. The molecule has 0 aliphatic carbocycles. The number of hydrogen-bond donors (Lipinski definition) is 2. The zero-order chi connectivity index (χ0) is 15.4. The minimum Gasteiger partial charge on any atom is -0.355 e. The van der Waals surface area contributed by atoms with Gasteiger partial charge in [-0.25, -0.2) is 0 Å². The summed E-state index contributed by atoms with van der Waals surface area (Å²) in [4.78, 5) is 15.3. The number of para-hydroxylation sites is 1. The van der Waals surface area contributed by atoms with Gasteiger partial charge < -0.3 is 19.8 Å². The van der Waals surface area contributed by atoms with Gasteiger partial charge in [0.05, 0.1) is 12.7 Å². The molecule has 2 heterocycles. The number of carbonyl (C=O) groups excluding carboxylic acids is 1. The van der Waals surface area contributed by atoms with E-state index >= 15 is 0 Å². The van der Waals surface area contributed by atoms with Gasteiger partial charge in [-0.05, 0) is 30.8 Å². The summed E-state index contributed by atoms with van der Waals surface area (Å²) in [5.41, 5.74) is 1.32. The molecule has 2 N–H and O–H groups in total. The van der Waals surface area contributed by atoms with Crippen LogP contribution in [-0.4, -0.2) is 41.5 Å². The Labute approximate surface area is 133 Å².